The second kappa shape index (κ2) is 15.8. The van der Waals surface area contributed by atoms with Crippen LogP contribution in [0.3, 0.4) is 0 Å². The van der Waals surface area contributed by atoms with E-state index in [9.17, 15) is 18.0 Å². The molecule has 4 rings (SSSR count). The summed E-state index contributed by atoms with van der Waals surface area (Å²) < 4.78 is 32.2. The van der Waals surface area contributed by atoms with Gasteiger partial charge in [0, 0.05) is 26.1 Å². The van der Waals surface area contributed by atoms with Crippen molar-refractivity contribution in [3.63, 3.8) is 0 Å². The number of nitrogens with one attached hydrogen (secondary N) is 1. The fraction of sp³-hybridized carbons (Fsp3) is 0.257. The monoisotopic (exact) mass is 613 g/mol. The number of amides is 2. The van der Waals surface area contributed by atoms with Crippen molar-refractivity contribution in [2.75, 3.05) is 26.5 Å². The maximum Gasteiger partial charge on any atom is 0.243 e. The van der Waals surface area contributed by atoms with Gasteiger partial charge in [0.1, 0.15) is 11.8 Å². The lowest BCUT2D eigenvalue weighted by Gasteiger charge is -2.33. The molecule has 0 fully saturated rings. The molecule has 0 radical (unpaired) electrons. The first-order valence-electron chi connectivity index (χ1n) is 14.5. The highest BCUT2D eigenvalue weighted by atomic mass is 32.2. The lowest BCUT2D eigenvalue weighted by atomic mass is 10.0. The van der Waals surface area contributed by atoms with Crippen LogP contribution < -0.4 is 10.1 Å². The Labute approximate surface area is 260 Å². The Kier molecular flexibility index (Phi) is 11.7. The van der Waals surface area contributed by atoms with Gasteiger partial charge < -0.3 is 15.0 Å². The van der Waals surface area contributed by atoms with Crippen molar-refractivity contribution in [3.05, 3.63) is 138 Å². The number of methoxy groups -OCH3 is 1. The minimum absolute atomic E-state index is 0.0361. The van der Waals surface area contributed by atoms with E-state index in [-0.39, 0.29) is 25.4 Å². The Balaban J connectivity index is 1.65. The second-order valence-electron chi connectivity index (χ2n) is 10.6. The van der Waals surface area contributed by atoms with Crippen molar-refractivity contribution in [2.24, 2.45) is 0 Å². The molecule has 0 spiro atoms. The summed E-state index contributed by atoms with van der Waals surface area (Å²) in [5.74, 6) is -0.112. The third-order valence-corrected chi connectivity index (χ3v) is 8.52. The predicted octanol–water partition coefficient (Wildman–Crippen LogP) is 4.46. The van der Waals surface area contributed by atoms with E-state index in [0.717, 1.165) is 32.8 Å². The van der Waals surface area contributed by atoms with Gasteiger partial charge in [-0.05, 0) is 40.8 Å². The minimum Gasteiger partial charge on any atom is -0.497 e. The summed E-state index contributed by atoms with van der Waals surface area (Å²) in [7, 11) is -2.18. The van der Waals surface area contributed by atoms with Crippen molar-refractivity contribution in [1.29, 1.82) is 0 Å². The first kappa shape index (κ1) is 32.4. The largest absolute Gasteiger partial charge is 0.497 e. The molecular formula is C35H39N3O5S. The number of sulfonamides is 1. The molecule has 0 bridgehead atoms. The fourth-order valence-electron chi connectivity index (χ4n) is 4.89. The molecule has 0 aliphatic heterocycles. The summed E-state index contributed by atoms with van der Waals surface area (Å²) in [5, 5.41) is 3.03. The zero-order chi connectivity index (χ0) is 31.4. The van der Waals surface area contributed by atoms with E-state index in [1.54, 1.807) is 19.2 Å². The van der Waals surface area contributed by atoms with Gasteiger partial charge in [0.2, 0.25) is 21.8 Å². The van der Waals surface area contributed by atoms with E-state index in [4.69, 9.17) is 4.74 Å². The minimum atomic E-state index is -3.75. The fourth-order valence-corrected chi connectivity index (χ4v) is 5.62. The molecule has 44 heavy (non-hydrogen) atoms. The zero-order valence-electron chi connectivity index (χ0n) is 25.1. The van der Waals surface area contributed by atoms with Crippen molar-refractivity contribution in [2.45, 2.75) is 32.0 Å². The van der Waals surface area contributed by atoms with Crippen LogP contribution in [0.25, 0.3) is 0 Å². The maximum atomic E-state index is 14.2. The zero-order valence-corrected chi connectivity index (χ0v) is 26.0. The maximum absolute atomic E-state index is 14.2. The van der Waals surface area contributed by atoms with Crippen LogP contribution in [0.2, 0.25) is 0 Å². The normalized spacial score (nSPS) is 12.0. The van der Waals surface area contributed by atoms with E-state index < -0.39 is 28.5 Å². The topological polar surface area (TPSA) is 96.0 Å². The molecule has 0 aromatic heterocycles. The summed E-state index contributed by atoms with van der Waals surface area (Å²) in [5.41, 5.74) is 3.51. The summed E-state index contributed by atoms with van der Waals surface area (Å²) in [6.45, 7) is 0.123. The van der Waals surface area contributed by atoms with Gasteiger partial charge in [0.25, 0.3) is 0 Å². The standard InChI is InChI=1S/C35H39N3O5S/c1-43-32-20-18-31(19-21-32)26-38(34(39)27-37(44(2,41)42)25-30-16-10-5-11-17-30)33(24-29-14-8-4-9-15-29)35(40)36-23-22-28-12-6-3-7-13-28/h3-21,33H,22-27H2,1-2H3,(H,36,40). The molecule has 9 heteroatoms. The highest BCUT2D eigenvalue weighted by Gasteiger charge is 2.32. The number of ether oxygens (including phenoxy) is 1. The van der Waals surface area contributed by atoms with Gasteiger partial charge in [-0.1, -0.05) is 103 Å². The third-order valence-electron chi connectivity index (χ3n) is 7.32. The summed E-state index contributed by atoms with van der Waals surface area (Å²) >= 11 is 0. The van der Waals surface area contributed by atoms with Crippen LogP contribution in [0, 0.1) is 0 Å². The first-order chi connectivity index (χ1) is 21.2. The molecule has 1 atom stereocenters. The molecule has 0 aliphatic rings. The number of rotatable bonds is 15. The van der Waals surface area contributed by atoms with E-state index in [0.29, 0.717) is 18.7 Å². The molecule has 1 unspecified atom stereocenters. The van der Waals surface area contributed by atoms with Crippen LogP contribution in [0.15, 0.2) is 115 Å². The van der Waals surface area contributed by atoms with Gasteiger partial charge in [-0.2, -0.15) is 4.31 Å². The second-order valence-corrected chi connectivity index (χ2v) is 12.6. The Bertz CT molecular complexity index is 1580. The summed E-state index contributed by atoms with van der Waals surface area (Å²) in [6, 6.07) is 34.8. The van der Waals surface area contributed by atoms with Crippen LogP contribution in [0.4, 0.5) is 0 Å². The molecule has 0 saturated carbocycles. The molecule has 0 heterocycles. The molecular weight excluding hydrogens is 574 g/mol. The smallest absolute Gasteiger partial charge is 0.243 e. The highest BCUT2D eigenvalue weighted by molar-refractivity contribution is 7.88. The molecule has 1 N–H and O–H groups in total. The van der Waals surface area contributed by atoms with E-state index in [1.807, 2.05) is 103 Å². The molecule has 4 aromatic rings. The number of hydrogen-bond donors (Lipinski definition) is 1. The third kappa shape index (κ3) is 9.79. The summed E-state index contributed by atoms with van der Waals surface area (Å²) in [4.78, 5) is 29.6. The van der Waals surface area contributed by atoms with Crippen LogP contribution in [-0.4, -0.2) is 61.9 Å². The number of benzene rings is 4. The van der Waals surface area contributed by atoms with Crippen LogP contribution in [0.1, 0.15) is 22.3 Å². The molecule has 0 saturated heterocycles. The predicted molar refractivity (Wildman–Crippen MR) is 172 cm³/mol. The number of nitrogens with zero attached hydrogens (tertiary/aromatic N) is 2. The molecule has 4 aromatic carbocycles. The molecule has 2 amide bonds. The van der Waals surface area contributed by atoms with Crippen molar-refractivity contribution < 1.29 is 22.7 Å². The summed E-state index contributed by atoms with van der Waals surface area (Å²) in [6.07, 6.45) is 1.99. The SMILES string of the molecule is COc1ccc(CN(C(=O)CN(Cc2ccccc2)S(C)(=O)=O)C(Cc2ccccc2)C(=O)NCCc2ccccc2)cc1. The average Bonchev–Trinajstić information content (AvgIpc) is 3.03. The Hall–Kier alpha value is -4.47. The van der Waals surface area contributed by atoms with Gasteiger partial charge in [-0.3, -0.25) is 9.59 Å². The molecule has 8 nitrogen and oxygen atoms in total. The Morgan fingerprint density at radius 1 is 0.727 bits per heavy atom. The van der Waals surface area contributed by atoms with Crippen LogP contribution in [0.5, 0.6) is 5.75 Å². The number of carbonyl (C=O) groups excluding carboxylic acids is 2. The Morgan fingerprint density at radius 2 is 1.25 bits per heavy atom. The van der Waals surface area contributed by atoms with E-state index in [2.05, 4.69) is 5.32 Å². The van der Waals surface area contributed by atoms with Crippen molar-refractivity contribution in [1.82, 2.24) is 14.5 Å². The van der Waals surface area contributed by atoms with Gasteiger partial charge in [0.15, 0.2) is 0 Å². The quantitative estimate of drug-likeness (QED) is 0.214. The highest BCUT2D eigenvalue weighted by Crippen LogP contribution is 2.19. The lowest BCUT2D eigenvalue weighted by Crippen LogP contribution is -2.53. The molecule has 230 valence electrons. The van der Waals surface area contributed by atoms with Gasteiger partial charge in [-0.25, -0.2) is 8.42 Å². The average molecular weight is 614 g/mol. The van der Waals surface area contributed by atoms with E-state index in [1.165, 1.54) is 4.90 Å². The van der Waals surface area contributed by atoms with Crippen molar-refractivity contribution in [3.8, 4) is 5.75 Å². The van der Waals surface area contributed by atoms with Crippen LogP contribution >= 0.6 is 0 Å². The van der Waals surface area contributed by atoms with E-state index >= 15 is 0 Å². The lowest BCUT2D eigenvalue weighted by molar-refractivity contribution is -0.141. The van der Waals surface area contributed by atoms with Crippen molar-refractivity contribution >= 4 is 21.8 Å². The van der Waals surface area contributed by atoms with Gasteiger partial charge in [0.05, 0.1) is 19.9 Å². The Morgan fingerprint density at radius 3 is 1.80 bits per heavy atom. The first-order valence-corrected chi connectivity index (χ1v) is 16.3. The number of hydrogen-bond acceptors (Lipinski definition) is 5. The molecule has 0 aliphatic carbocycles. The van der Waals surface area contributed by atoms with Gasteiger partial charge in [-0.15, -0.1) is 0 Å². The van der Waals surface area contributed by atoms with Gasteiger partial charge >= 0.3 is 0 Å². The number of carbonyl (C=O) groups is 2. The van der Waals surface area contributed by atoms with Crippen LogP contribution in [-0.2, 0) is 45.5 Å².